The number of aromatic nitrogens is 4. The third kappa shape index (κ3) is 3.05. The number of ether oxygens (including phenoxy) is 1. The van der Waals surface area contributed by atoms with Gasteiger partial charge in [0.05, 0.1) is 7.05 Å². The molecular formula is C11H14BrN5O. The van der Waals surface area contributed by atoms with E-state index >= 15 is 0 Å². The van der Waals surface area contributed by atoms with Crippen molar-refractivity contribution in [2.75, 3.05) is 0 Å². The molecule has 0 bridgehead atoms. The normalized spacial score (nSPS) is 12.4. The average molecular weight is 312 g/mol. The largest absolute Gasteiger partial charge is 0.485 e. The molecule has 2 rings (SSSR count). The summed E-state index contributed by atoms with van der Waals surface area (Å²) in [6.07, 6.45) is 0. The zero-order valence-corrected chi connectivity index (χ0v) is 11.8. The van der Waals surface area contributed by atoms with Crippen molar-refractivity contribution in [1.29, 1.82) is 0 Å². The summed E-state index contributed by atoms with van der Waals surface area (Å²) in [6, 6.07) is 5.63. The maximum atomic E-state index is 5.91. The molecule has 1 aromatic heterocycles. The number of benzene rings is 1. The minimum absolute atomic E-state index is 0.104. The number of aryl methyl sites for hydroxylation is 1. The Labute approximate surface area is 113 Å². The molecule has 7 heteroatoms. The van der Waals surface area contributed by atoms with Gasteiger partial charge >= 0.3 is 0 Å². The van der Waals surface area contributed by atoms with E-state index in [2.05, 4.69) is 31.3 Å². The molecule has 0 fully saturated rings. The van der Waals surface area contributed by atoms with E-state index in [1.807, 2.05) is 25.1 Å². The van der Waals surface area contributed by atoms with Crippen molar-refractivity contribution < 1.29 is 4.74 Å². The van der Waals surface area contributed by atoms with Crippen LogP contribution in [0.3, 0.4) is 0 Å². The van der Waals surface area contributed by atoms with Crippen molar-refractivity contribution >= 4 is 15.9 Å². The Balaban J connectivity index is 2.13. The maximum absolute atomic E-state index is 5.91. The topological polar surface area (TPSA) is 78.9 Å². The van der Waals surface area contributed by atoms with Crippen LogP contribution in [0.15, 0.2) is 22.7 Å². The first-order valence-electron chi connectivity index (χ1n) is 5.47. The SMILES string of the molecule is C[C@H](N)c1cc(Br)ccc1OCc1nnn(C)n1. The summed E-state index contributed by atoms with van der Waals surface area (Å²) < 4.78 is 6.65. The molecule has 2 aromatic rings. The van der Waals surface area contributed by atoms with Crippen LogP contribution in [0, 0.1) is 0 Å². The second-order valence-electron chi connectivity index (χ2n) is 3.95. The Bertz CT molecular complexity index is 540. The fourth-order valence-corrected chi connectivity index (χ4v) is 1.91. The molecule has 1 heterocycles. The third-order valence-corrected chi connectivity index (χ3v) is 2.86. The number of hydrogen-bond acceptors (Lipinski definition) is 5. The molecule has 0 aliphatic heterocycles. The van der Waals surface area contributed by atoms with Crippen LogP contribution < -0.4 is 10.5 Å². The number of tetrazole rings is 1. The maximum Gasteiger partial charge on any atom is 0.212 e. The number of nitrogens with zero attached hydrogens (tertiary/aromatic N) is 4. The Hall–Kier alpha value is -1.47. The molecule has 0 aliphatic carbocycles. The van der Waals surface area contributed by atoms with Gasteiger partial charge in [-0.05, 0) is 30.3 Å². The van der Waals surface area contributed by atoms with Gasteiger partial charge in [-0.3, -0.25) is 0 Å². The molecule has 0 amide bonds. The molecule has 0 unspecified atom stereocenters. The first-order chi connectivity index (χ1) is 8.56. The van der Waals surface area contributed by atoms with E-state index in [1.54, 1.807) is 7.05 Å². The predicted molar refractivity (Wildman–Crippen MR) is 69.9 cm³/mol. The highest BCUT2D eigenvalue weighted by Crippen LogP contribution is 2.27. The van der Waals surface area contributed by atoms with E-state index in [0.717, 1.165) is 15.8 Å². The van der Waals surface area contributed by atoms with Crippen LogP contribution in [-0.2, 0) is 13.7 Å². The van der Waals surface area contributed by atoms with Gasteiger partial charge in [-0.15, -0.1) is 10.2 Å². The zero-order chi connectivity index (χ0) is 13.1. The second-order valence-corrected chi connectivity index (χ2v) is 4.87. The van der Waals surface area contributed by atoms with E-state index in [4.69, 9.17) is 10.5 Å². The van der Waals surface area contributed by atoms with Gasteiger partial charge in [0, 0.05) is 16.1 Å². The fourth-order valence-electron chi connectivity index (χ4n) is 1.53. The van der Waals surface area contributed by atoms with E-state index in [-0.39, 0.29) is 12.6 Å². The van der Waals surface area contributed by atoms with Crippen molar-refractivity contribution in [3.05, 3.63) is 34.1 Å². The minimum atomic E-state index is -0.104. The van der Waals surface area contributed by atoms with Crippen LogP contribution >= 0.6 is 15.9 Å². The number of rotatable bonds is 4. The van der Waals surface area contributed by atoms with Crippen LogP contribution in [0.2, 0.25) is 0 Å². The van der Waals surface area contributed by atoms with Crippen LogP contribution in [-0.4, -0.2) is 20.2 Å². The lowest BCUT2D eigenvalue weighted by Crippen LogP contribution is -2.08. The molecule has 2 N–H and O–H groups in total. The summed E-state index contributed by atoms with van der Waals surface area (Å²) in [4.78, 5) is 1.40. The predicted octanol–water partition coefficient (Wildman–Crippen LogP) is 1.57. The molecule has 18 heavy (non-hydrogen) atoms. The smallest absolute Gasteiger partial charge is 0.212 e. The summed E-state index contributed by atoms with van der Waals surface area (Å²) in [5.74, 6) is 1.27. The minimum Gasteiger partial charge on any atom is -0.485 e. The lowest BCUT2D eigenvalue weighted by atomic mass is 10.1. The van der Waals surface area contributed by atoms with Gasteiger partial charge in [0.15, 0.2) is 6.61 Å². The number of nitrogens with two attached hydrogens (primary N) is 1. The van der Waals surface area contributed by atoms with E-state index in [0.29, 0.717) is 5.82 Å². The highest BCUT2D eigenvalue weighted by atomic mass is 79.9. The first-order valence-corrected chi connectivity index (χ1v) is 6.26. The standard InChI is InChI=1S/C11H14BrN5O/c1-7(13)9-5-8(12)3-4-10(9)18-6-11-14-16-17(2)15-11/h3-5,7H,6,13H2,1-2H3/t7-/m0/s1. The van der Waals surface area contributed by atoms with Gasteiger partial charge in [-0.2, -0.15) is 4.80 Å². The van der Waals surface area contributed by atoms with Gasteiger partial charge in [0.2, 0.25) is 5.82 Å². The first kappa shape index (κ1) is 13.0. The van der Waals surface area contributed by atoms with E-state index < -0.39 is 0 Å². The summed E-state index contributed by atoms with van der Waals surface area (Å²) in [6.45, 7) is 2.18. The molecule has 1 aromatic carbocycles. The summed E-state index contributed by atoms with van der Waals surface area (Å²) in [5, 5.41) is 11.6. The van der Waals surface area contributed by atoms with Crippen molar-refractivity contribution in [3.8, 4) is 5.75 Å². The van der Waals surface area contributed by atoms with Crippen LogP contribution in [0.1, 0.15) is 24.4 Å². The van der Waals surface area contributed by atoms with E-state index in [9.17, 15) is 0 Å². The van der Waals surface area contributed by atoms with Gasteiger partial charge in [-0.1, -0.05) is 15.9 Å². The number of hydrogen-bond donors (Lipinski definition) is 1. The van der Waals surface area contributed by atoms with Crippen LogP contribution in [0.5, 0.6) is 5.75 Å². The summed E-state index contributed by atoms with van der Waals surface area (Å²) >= 11 is 3.41. The Kier molecular flexibility index (Phi) is 3.93. The molecule has 0 aliphatic rings. The average Bonchev–Trinajstić information content (AvgIpc) is 2.73. The van der Waals surface area contributed by atoms with Gasteiger partial charge in [0.1, 0.15) is 5.75 Å². The monoisotopic (exact) mass is 311 g/mol. The van der Waals surface area contributed by atoms with Crippen molar-refractivity contribution in [3.63, 3.8) is 0 Å². The quantitative estimate of drug-likeness (QED) is 0.927. The van der Waals surface area contributed by atoms with Crippen LogP contribution in [0.25, 0.3) is 0 Å². The van der Waals surface area contributed by atoms with Gasteiger partial charge in [-0.25, -0.2) is 0 Å². The molecule has 1 atom stereocenters. The molecule has 0 saturated heterocycles. The Morgan fingerprint density at radius 1 is 1.50 bits per heavy atom. The highest BCUT2D eigenvalue weighted by molar-refractivity contribution is 9.10. The zero-order valence-electron chi connectivity index (χ0n) is 10.2. The summed E-state index contributed by atoms with van der Waals surface area (Å²) in [7, 11) is 1.71. The molecule has 0 radical (unpaired) electrons. The molecule has 0 saturated carbocycles. The molecule has 0 spiro atoms. The molecule has 96 valence electrons. The van der Waals surface area contributed by atoms with Crippen LogP contribution in [0.4, 0.5) is 0 Å². The Morgan fingerprint density at radius 3 is 2.89 bits per heavy atom. The van der Waals surface area contributed by atoms with Crippen molar-refractivity contribution in [2.24, 2.45) is 12.8 Å². The van der Waals surface area contributed by atoms with Gasteiger partial charge in [0.25, 0.3) is 0 Å². The number of halogens is 1. The highest BCUT2D eigenvalue weighted by Gasteiger charge is 2.10. The molecule has 6 nitrogen and oxygen atoms in total. The second kappa shape index (κ2) is 5.45. The molecular weight excluding hydrogens is 298 g/mol. The van der Waals surface area contributed by atoms with Crippen molar-refractivity contribution in [2.45, 2.75) is 19.6 Å². The lowest BCUT2D eigenvalue weighted by molar-refractivity contribution is 0.291. The Morgan fingerprint density at radius 2 is 2.28 bits per heavy atom. The summed E-state index contributed by atoms with van der Waals surface area (Å²) in [5.41, 5.74) is 6.85. The lowest BCUT2D eigenvalue weighted by Gasteiger charge is -2.13. The van der Waals surface area contributed by atoms with Crippen molar-refractivity contribution in [1.82, 2.24) is 20.2 Å². The van der Waals surface area contributed by atoms with Gasteiger partial charge < -0.3 is 10.5 Å². The van der Waals surface area contributed by atoms with E-state index in [1.165, 1.54) is 4.80 Å². The fraction of sp³-hybridized carbons (Fsp3) is 0.364. The third-order valence-electron chi connectivity index (χ3n) is 2.37.